The molecule has 1 spiro atoms. The van der Waals surface area contributed by atoms with Gasteiger partial charge in [-0.3, -0.25) is 14.4 Å². The van der Waals surface area contributed by atoms with E-state index in [0.717, 1.165) is 18.4 Å². The number of likely N-dealkylation sites (tertiary alicyclic amines) is 1. The number of hydrogen-bond donors (Lipinski definition) is 1. The number of ether oxygens (including phenoxy) is 2. The van der Waals surface area contributed by atoms with Crippen LogP contribution < -0.4 is 0 Å². The Hall–Kier alpha value is -3.57. The number of esters is 1. The molecule has 5 atom stereocenters. The highest BCUT2D eigenvalue weighted by molar-refractivity contribution is 5.98. The molecule has 3 aliphatic heterocycles. The van der Waals surface area contributed by atoms with Gasteiger partial charge in [-0.1, -0.05) is 29.5 Å². The molecule has 11 nitrogen and oxygen atoms in total. The molecular formula is C28H35N5O6. The van der Waals surface area contributed by atoms with Crippen molar-refractivity contribution in [1.82, 2.24) is 24.8 Å². The molecule has 2 amide bonds. The number of hydrogen-bond acceptors (Lipinski definition) is 8. The number of aromatic nitrogens is 3. The molecule has 208 valence electrons. The number of unbranched alkanes of at least 4 members (excludes halogenated alkanes) is 2. The lowest BCUT2D eigenvalue weighted by Crippen LogP contribution is -2.56. The fourth-order valence-corrected chi connectivity index (χ4v) is 6.44. The number of amides is 2. The first-order valence-corrected chi connectivity index (χ1v) is 13.5. The van der Waals surface area contributed by atoms with E-state index in [2.05, 4.69) is 23.5 Å². The Morgan fingerprint density at radius 2 is 2.08 bits per heavy atom. The van der Waals surface area contributed by atoms with E-state index in [-0.39, 0.29) is 44.8 Å². The zero-order valence-corrected chi connectivity index (χ0v) is 22.0. The van der Waals surface area contributed by atoms with E-state index >= 15 is 0 Å². The maximum atomic E-state index is 14.2. The number of benzene rings is 1. The number of carbonyl (C=O) groups excluding carboxylic acids is 3. The predicted octanol–water partition coefficient (Wildman–Crippen LogP) is 1.67. The number of β-amino-alcohol motifs (C(OH)–C–C–N with tert-alkyl or cyclic N) is 1. The normalized spacial score (nSPS) is 27.1. The lowest BCUT2D eigenvalue weighted by Gasteiger charge is -2.36. The Morgan fingerprint density at radius 1 is 1.26 bits per heavy atom. The van der Waals surface area contributed by atoms with Gasteiger partial charge >= 0.3 is 5.97 Å². The van der Waals surface area contributed by atoms with Crippen molar-refractivity contribution in [2.45, 2.75) is 56.5 Å². The number of carbonyl (C=O) groups is 3. The molecule has 1 aromatic heterocycles. The molecule has 39 heavy (non-hydrogen) atoms. The molecule has 1 aromatic carbocycles. The first-order valence-electron chi connectivity index (χ1n) is 13.5. The summed E-state index contributed by atoms with van der Waals surface area (Å²) in [5.41, 5.74) is 0.299. The summed E-state index contributed by atoms with van der Waals surface area (Å²) >= 11 is 0. The lowest BCUT2D eigenvalue weighted by atomic mass is 9.70. The number of allylic oxidation sites excluding steroid dienone is 1. The van der Waals surface area contributed by atoms with Gasteiger partial charge in [0.15, 0.2) is 0 Å². The fourth-order valence-electron chi connectivity index (χ4n) is 6.44. The summed E-state index contributed by atoms with van der Waals surface area (Å²) in [6.07, 6.45) is 6.34. The van der Waals surface area contributed by atoms with E-state index in [9.17, 15) is 19.5 Å². The van der Waals surface area contributed by atoms with E-state index < -0.39 is 35.6 Å². The summed E-state index contributed by atoms with van der Waals surface area (Å²) in [5, 5.41) is 18.2. The van der Waals surface area contributed by atoms with Crippen LogP contribution in [-0.4, -0.2) is 91.7 Å². The zero-order chi connectivity index (χ0) is 27.6. The summed E-state index contributed by atoms with van der Waals surface area (Å²) in [6, 6.07) is 6.44. The van der Waals surface area contributed by atoms with Crippen LogP contribution in [0.25, 0.3) is 11.0 Å². The minimum Gasteiger partial charge on any atom is -0.465 e. The smallest absolute Gasteiger partial charge is 0.312 e. The molecule has 3 fully saturated rings. The van der Waals surface area contributed by atoms with Crippen LogP contribution in [-0.2, 0) is 30.5 Å². The number of fused-ring (bicyclic) bond motifs is 2. The fraction of sp³-hybridized carbons (Fsp3) is 0.536. The summed E-state index contributed by atoms with van der Waals surface area (Å²) < 4.78 is 13.6. The third kappa shape index (κ3) is 4.63. The molecule has 11 heteroatoms. The highest BCUT2D eigenvalue weighted by atomic mass is 16.6. The summed E-state index contributed by atoms with van der Waals surface area (Å²) in [6.45, 7) is 7.68. The molecule has 0 radical (unpaired) electrons. The van der Waals surface area contributed by atoms with Gasteiger partial charge in [-0.15, -0.1) is 18.3 Å². The van der Waals surface area contributed by atoms with Crippen molar-refractivity contribution < 1.29 is 29.0 Å². The van der Waals surface area contributed by atoms with Crippen molar-refractivity contribution >= 4 is 28.8 Å². The second-order valence-electron chi connectivity index (χ2n) is 10.3. The van der Waals surface area contributed by atoms with Crippen LogP contribution in [0.5, 0.6) is 0 Å². The van der Waals surface area contributed by atoms with Gasteiger partial charge in [-0.05, 0) is 44.2 Å². The van der Waals surface area contributed by atoms with Crippen molar-refractivity contribution in [3.8, 4) is 0 Å². The summed E-state index contributed by atoms with van der Waals surface area (Å²) in [5.74, 6) is -2.79. The highest BCUT2D eigenvalue weighted by Gasteiger charge is 2.75. The first-order chi connectivity index (χ1) is 19.0. The molecule has 2 aromatic rings. The average molecular weight is 538 g/mol. The molecule has 2 bridgehead atoms. The number of para-hydroxylation sites is 1. The largest absolute Gasteiger partial charge is 0.465 e. The van der Waals surface area contributed by atoms with Crippen molar-refractivity contribution in [3.05, 3.63) is 49.6 Å². The second-order valence-corrected chi connectivity index (χ2v) is 10.3. The van der Waals surface area contributed by atoms with Gasteiger partial charge < -0.3 is 24.4 Å². The molecule has 5 rings (SSSR count). The molecule has 0 saturated carbocycles. The number of aliphatic hydroxyl groups excluding tert-OH is 1. The van der Waals surface area contributed by atoms with Crippen molar-refractivity contribution in [2.24, 2.45) is 11.8 Å². The third-order valence-electron chi connectivity index (χ3n) is 8.08. The second kappa shape index (κ2) is 11.3. The lowest BCUT2D eigenvalue weighted by molar-refractivity contribution is -0.155. The van der Waals surface area contributed by atoms with E-state index in [0.29, 0.717) is 24.8 Å². The Balaban J connectivity index is 1.41. The zero-order valence-electron chi connectivity index (χ0n) is 22.0. The SMILES string of the molecule is C=CCCCCOC(=O)[C@@H]1[C@H]2C(=O)N(CCO)C(C(=O)N(CC=C)Cn3nnc4ccccc43)C23CC[C@H]1O3. The van der Waals surface area contributed by atoms with E-state index in [1.807, 2.05) is 30.3 Å². The van der Waals surface area contributed by atoms with Crippen LogP contribution in [0.3, 0.4) is 0 Å². The molecule has 4 heterocycles. The van der Waals surface area contributed by atoms with Gasteiger partial charge in [0.2, 0.25) is 11.8 Å². The van der Waals surface area contributed by atoms with Crippen LogP contribution in [0.2, 0.25) is 0 Å². The Kier molecular flexibility index (Phi) is 7.81. The maximum Gasteiger partial charge on any atom is 0.312 e. The maximum absolute atomic E-state index is 14.2. The topological polar surface area (TPSA) is 127 Å². The van der Waals surface area contributed by atoms with E-state index in [1.54, 1.807) is 15.7 Å². The molecule has 3 saturated heterocycles. The van der Waals surface area contributed by atoms with Gasteiger partial charge in [0.1, 0.15) is 23.8 Å². The number of rotatable bonds is 13. The van der Waals surface area contributed by atoms with Gasteiger partial charge in [0, 0.05) is 13.1 Å². The van der Waals surface area contributed by atoms with E-state index in [1.165, 1.54) is 4.90 Å². The first kappa shape index (κ1) is 27.0. The highest BCUT2D eigenvalue weighted by Crippen LogP contribution is 2.58. The van der Waals surface area contributed by atoms with Crippen LogP contribution in [0.1, 0.15) is 32.1 Å². The molecule has 1 N–H and O–H groups in total. The van der Waals surface area contributed by atoms with Gasteiger partial charge in [0.25, 0.3) is 0 Å². The molecular weight excluding hydrogens is 502 g/mol. The van der Waals surface area contributed by atoms with Crippen LogP contribution in [0, 0.1) is 11.8 Å². The van der Waals surface area contributed by atoms with Crippen LogP contribution in [0.15, 0.2) is 49.6 Å². The minimum absolute atomic E-state index is 0.0426. The predicted molar refractivity (Wildman–Crippen MR) is 141 cm³/mol. The van der Waals surface area contributed by atoms with Crippen molar-refractivity contribution in [1.29, 1.82) is 0 Å². The molecule has 2 unspecified atom stereocenters. The van der Waals surface area contributed by atoms with Crippen molar-refractivity contribution in [3.63, 3.8) is 0 Å². The Bertz CT molecular complexity index is 1260. The Morgan fingerprint density at radius 3 is 2.85 bits per heavy atom. The monoisotopic (exact) mass is 537 g/mol. The van der Waals surface area contributed by atoms with E-state index in [4.69, 9.17) is 9.47 Å². The Labute approximate surface area is 227 Å². The number of aliphatic hydroxyl groups is 1. The van der Waals surface area contributed by atoms with Crippen LogP contribution in [0.4, 0.5) is 0 Å². The van der Waals surface area contributed by atoms with Gasteiger partial charge in [0.05, 0.1) is 36.7 Å². The van der Waals surface area contributed by atoms with Crippen LogP contribution >= 0.6 is 0 Å². The third-order valence-corrected chi connectivity index (χ3v) is 8.08. The van der Waals surface area contributed by atoms with Crippen molar-refractivity contribution in [2.75, 3.05) is 26.3 Å². The quantitative estimate of drug-likeness (QED) is 0.232. The molecule has 0 aliphatic carbocycles. The summed E-state index contributed by atoms with van der Waals surface area (Å²) in [4.78, 5) is 44.1. The standard InChI is InChI=1S/C28H35N5O6/c1-3-5-6-9-17-38-27(37)22-21-12-13-28(39-21)23(22)25(35)32(15-16-34)24(28)26(36)31(14-4-2)18-33-20-11-8-7-10-19(20)29-30-33/h3-4,7-8,10-11,21-24,34H,1-2,5-6,9,12-18H2/t21-,22+,23+,24?,28?/m1/s1. The average Bonchev–Trinajstić information content (AvgIpc) is 3.68. The van der Waals surface area contributed by atoms with Gasteiger partial charge in [-0.25, -0.2) is 4.68 Å². The minimum atomic E-state index is -1.16. The van der Waals surface area contributed by atoms with Gasteiger partial charge in [-0.2, -0.15) is 0 Å². The molecule has 3 aliphatic rings. The number of nitrogens with zero attached hydrogens (tertiary/aromatic N) is 5. The summed E-state index contributed by atoms with van der Waals surface area (Å²) in [7, 11) is 0.